The summed E-state index contributed by atoms with van der Waals surface area (Å²) in [6, 6.07) is 94.0. The van der Waals surface area contributed by atoms with Crippen molar-refractivity contribution < 1.29 is 0 Å². The zero-order valence-electron chi connectivity index (χ0n) is 33.8. The third-order valence-corrected chi connectivity index (χ3v) is 11.5. The fourth-order valence-corrected chi connectivity index (χ4v) is 8.45. The first kappa shape index (κ1) is 37.3. The second-order valence-electron chi connectivity index (χ2n) is 15.3. The lowest BCUT2D eigenvalue weighted by atomic mass is 9.87. The van der Waals surface area contributed by atoms with E-state index in [4.69, 9.17) is 0 Å². The number of anilines is 3. The Morgan fingerprint density at radius 3 is 0.951 bits per heavy atom. The zero-order valence-corrected chi connectivity index (χ0v) is 33.8. The molecule has 0 spiro atoms. The Hall–Kier alpha value is -8.00. The van der Waals surface area contributed by atoms with Crippen LogP contribution in [0.3, 0.4) is 0 Å². The van der Waals surface area contributed by atoms with Gasteiger partial charge in [0.1, 0.15) is 0 Å². The van der Waals surface area contributed by atoms with Crippen LogP contribution >= 0.6 is 0 Å². The third kappa shape index (κ3) is 7.81. The van der Waals surface area contributed by atoms with Crippen LogP contribution < -0.4 is 4.90 Å². The molecule has 0 bridgehead atoms. The van der Waals surface area contributed by atoms with Crippen molar-refractivity contribution in [2.24, 2.45) is 0 Å². The van der Waals surface area contributed by atoms with E-state index in [2.05, 4.69) is 266 Å². The SMILES string of the molecule is c1ccc(-c2ccc(-c3ccc(N(c4ccc(-c5ccccc5)cc4)c4ccccc4-c4ccccc4-c4cc(-c5ccccc5)ccc4-c4ccccc4)cc3)cc2)cc1. The Morgan fingerprint density at radius 1 is 0.180 bits per heavy atom. The average molecular weight is 778 g/mol. The highest BCUT2D eigenvalue weighted by Gasteiger charge is 2.21. The normalized spacial score (nSPS) is 11.0. The number of rotatable bonds is 10. The molecular weight excluding hydrogens is 735 g/mol. The van der Waals surface area contributed by atoms with Gasteiger partial charge in [0.25, 0.3) is 0 Å². The van der Waals surface area contributed by atoms with E-state index >= 15 is 0 Å². The van der Waals surface area contributed by atoms with Crippen LogP contribution in [0.4, 0.5) is 17.1 Å². The van der Waals surface area contributed by atoms with E-state index in [0.29, 0.717) is 0 Å². The molecule has 0 N–H and O–H groups in total. The Balaban J connectivity index is 1.10. The summed E-state index contributed by atoms with van der Waals surface area (Å²) in [6.07, 6.45) is 0. The van der Waals surface area contributed by atoms with Crippen molar-refractivity contribution >= 4 is 17.1 Å². The van der Waals surface area contributed by atoms with E-state index in [1.165, 1.54) is 72.3 Å². The van der Waals surface area contributed by atoms with Crippen molar-refractivity contribution in [1.29, 1.82) is 0 Å². The van der Waals surface area contributed by atoms with E-state index in [9.17, 15) is 0 Å². The average Bonchev–Trinajstić information content (AvgIpc) is 3.36. The van der Waals surface area contributed by atoms with Crippen molar-refractivity contribution in [3.63, 3.8) is 0 Å². The van der Waals surface area contributed by atoms with Crippen LogP contribution in [0.25, 0.3) is 77.9 Å². The van der Waals surface area contributed by atoms with Crippen molar-refractivity contribution in [1.82, 2.24) is 0 Å². The molecule has 1 heteroatoms. The molecular formula is C60H43N. The highest BCUT2D eigenvalue weighted by molar-refractivity contribution is 5.98. The molecule has 0 aliphatic rings. The molecule has 0 aromatic heterocycles. The van der Waals surface area contributed by atoms with Crippen molar-refractivity contribution in [3.8, 4) is 77.9 Å². The van der Waals surface area contributed by atoms with Crippen LogP contribution in [0.2, 0.25) is 0 Å². The van der Waals surface area contributed by atoms with Gasteiger partial charge in [0.15, 0.2) is 0 Å². The summed E-state index contributed by atoms with van der Waals surface area (Å²) in [6.45, 7) is 0. The van der Waals surface area contributed by atoms with Gasteiger partial charge in [0.2, 0.25) is 0 Å². The van der Waals surface area contributed by atoms with E-state index in [-0.39, 0.29) is 0 Å². The van der Waals surface area contributed by atoms with Crippen LogP contribution in [0.15, 0.2) is 261 Å². The van der Waals surface area contributed by atoms with E-state index in [1.54, 1.807) is 0 Å². The highest BCUT2D eigenvalue weighted by atomic mass is 15.1. The standard InChI is InChI=1S/C60H43N/c1-5-17-44(18-6-1)47-29-31-48(32-30-47)50-35-40-54(41-36-50)61(53-38-33-49(34-39-53)45-19-7-2-8-20-45)60-28-16-15-27-58(60)56-25-13-14-26-57(56)59-43-52(46-21-9-3-10-22-46)37-42-55(59)51-23-11-4-12-24-51/h1-43H. The maximum Gasteiger partial charge on any atom is 0.0540 e. The minimum Gasteiger partial charge on any atom is -0.310 e. The van der Waals surface area contributed by atoms with Crippen molar-refractivity contribution in [2.45, 2.75) is 0 Å². The van der Waals surface area contributed by atoms with Gasteiger partial charge in [0, 0.05) is 16.9 Å². The molecule has 1 nitrogen and oxygen atoms in total. The largest absolute Gasteiger partial charge is 0.310 e. The summed E-state index contributed by atoms with van der Waals surface area (Å²) in [5, 5.41) is 0. The number of para-hydroxylation sites is 1. The predicted octanol–water partition coefficient (Wildman–Crippen LogP) is 16.8. The first-order valence-electron chi connectivity index (χ1n) is 20.9. The van der Waals surface area contributed by atoms with E-state index in [0.717, 1.165) is 22.6 Å². The Labute approximate surface area is 359 Å². The van der Waals surface area contributed by atoms with Crippen molar-refractivity contribution in [3.05, 3.63) is 261 Å². The minimum absolute atomic E-state index is 1.08. The molecule has 0 unspecified atom stereocenters. The van der Waals surface area contributed by atoms with Gasteiger partial charge in [-0.25, -0.2) is 0 Å². The molecule has 10 aromatic rings. The van der Waals surface area contributed by atoms with Gasteiger partial charge in [-0.3, -0.25) is 0 Å². The van der Waals surface area contributed by atoms with E-state index < -0.39 is 0 Å². The molecule has 0 amide bonds. The van der Waals surface area contributed by atoms with Crippen LogP contribution in [-0.2, 0) is 0 Å². The van der Waals surface area contributed by atoms with Crippen LogP contribution in [0.1, 0.15) is 0 Å². The lowest BCUT2D eigenvalue weighted by Gasteiger charge is -2.29. The Kier molecular flexibility index (Phi) is 10.4. The fourth-order valence-electron chi connectivity index (χ4n) is 8.45. The summed E-state index contributed by atoms with van der Waals surface area (Å²) in [4.78, 5) is 2.40. The molecule has 0 aliphatic carbocycles. The smallest absolute Gasteiger partial charge is 0.0540 e. The molecule has 0 aliphatic heterocycles. The predicted molar refractivity (Wildman–Crippen MR) is 259 cm³/mol. The molecule has 0 radical (unpaired) electrons. The molecule has 0 heterocycles. The Bertz CT molecular complexity index is 3010. The van der Waals surface area contributed by atoms with Crippen LogP contribution in [0.5, 0.6) is 0 Å². The molecule has 61 heavy (non-hydrogen) atoms. The Morgan fingerprint density at radius 2 is 0.492 bits per heavy atom. The molecule has 288 valence electrons. The van der Waals surface area contributed by atoms with Gasteiger partial charge in [0.05, 0.1) is 5.69 Å². The molecule has 0 saturated heterocycles. The van der Waals surface area contributed by atoms with Gasteiger partial charge >= 0.3 is 0 Å². The second kappa shape index (κ2) is 17.1. The quantitative estimate of drug-likeness (QED) is 0.134. The number of hydrogen-bond donors (Lipinski definition) is 0. The molecule has 0 atom stereocenters. The molecule has 0 fully saturated rings. The molecule has 10 aromatic carbocycles. The minimum atomic E-state index is 1.08. The lowest BCUT2D eigenvalue weighted by molar-refractivity contribution is 1.28. The zero-order chi connectivity index (χ0) is 40.8. The summed E-state index contributed by atoms with van der Waals surface area (Å²) in [7, 11) is 0. The summed E-state index contributed by atoms with van der Waals surface area (Å²) < 4.78 is 0. The number of hydrogen-bond acceptors (Lipinski definition) is 1. The van der Waals surface area contributed by atoms with Gasteiger partial charge < -0.3 is 4.90 Å². The van der Waals surface area contributed by atoms with Gasteiger partial charge in [-0.2, -0.15) is 0 Å². The summed E-state index contributed by atoms with van der Waals surface area (Å²) >= 11 is 0. The highest BCUT2D eigenvalue weighted by Crippen LogP contribution is 2.46. The topological polar surface area (TPSA) is 3.24 Å². The van der Waals surface area contributed by atoms with Gasteiger partial charge in [-0.05, 0) is 109 Å². The van der Waals surface area contributed by atoms with Crippen LogP contribution in [-0.4, -0.2) is 0 Å². The number of benzene rings is 10. The van der Waals surface area contributed by atoms with Gasteiger partial charge in [-0.1, -0.05) is 224 Å². The first-order valence-corrected chi connectivity index (χ1v) is 20.9. The first-order chi connectivity index (χ1) is 30.3. The van der Waals surface area contributed by atoms with E-state index in [1.807, 2.05) is 0 Å². The lowest BCUT2D eigenvalue weighted by Crippen LogP contribution is -2.11. The third-order valence-electron chi connectivity index (χ3n) is 11.5. The van der Waals surface area contributed by atoms with Crippen LogP contribution in [0, 0.1) is 0 Å². The van der Waals surface area contributed by atoms with Gasteiger partial charge in [-0.15, -0.1) is 0 Å². The molecule has 0 saturated carbocycles. The van der Waals surface area contributed by atoms with Crippen molar-refractivity contribution in [2.75, 3.05) is 4.90 Å². The summed E-state index contributed by atoms with van der Waals surface area (Å²) in [5.74, 6) is 0. The fraction of sp³-hybridized carbons (Fsp3) is 0. The number of nitrogens with zero attached hydrogens (tertiary/aromatic N) is 1. The maximum absolute atomic E-state index is 2.40. The maximum atomic E-state index is 2.40. The second-order valence-corrected chi connectivity index (χ2v) is 15.3. The monoisotopic (exact) mass is 777 g/mol. The summed E-state index contributed by atoms with van der Waals surface area (Å²) in [5.41, 5.74) is 19.9. The molecule has 10 rings (SSSR count).